The summed E-state index contributed by atoms with van der Waals surface area (Å²) in [6.45, 7) is 9.67. The van der Waals surface area contributed by atoms with E-state index in [2.05, 4.69) is 13.8 Å². The van der Waals surface area contributed by atoms with Gasteiger partial charge >= 0.3 is 5.97 Å². The lowest BCUT2D eigenvalue weighted by molar-refractivity contribution is -0.196. The summed E-state index contributed by atoms with van der Waals surface area (Å²) in [5.74, 6) is 0.438. The van der Waals surface area contributed by atoms with Crippen molar-refractivity contribution >= 4 is 11.8 Å². The molecule has 2 unspecified atom stereocenters. The van der Waals surface area contributed by atoms with Crippen molar-refractivity contribution in [2.24, 2.45) is 33.5 Å². The lowest BCUT2D eigenvalue weighted by Gasteiger charge is -2.57. The van der Waals surface area contributed by atoms with Crippen LogP contribution in [0.2, 0.25) is 0 Å². The number of hydrogen-bond acceptors (Lipinski definition) is 4. The summed E-state index contributed by atoms with van der Waals surface area (Å²) in [7, 11) is 0. The summed E-state index contributed by atoms with van der Waals surface area (Å²) in [5, 5.41) is 11.1. The summed E-state index contributed by atoms with van der Waals surface area (Å²) in [5.41, 5.74) is -1.53. The van der Waals surface area contributed by atoms with E-state index in [0.29, 0.717) is 12.3 Å². The maximum atomic E-state index is 12.6. The first-order valence-corrected chi connectivity index (χ1v) is 7.96. The second-order valence-corrected chi connectivity index (χ2v) is 8.64. The van der Waals surface area contributed by atoms with E-state index >= 15 is 0 Å². The Morgan fingerprint density at radius 1 is 1.29 bits per heavy atom. The zero-order valence-corrected chi connectivity index (χ0v) is 13.4. The molecule has 0 aromatic carbocycles. The van der Waals surface area contributed by atoms with Crippen molar-refractivity contribution < 1.29 is 19.4 Å². The molecule has 5 saturated carbocycles. The Balaban J connectivity index is 1.97. The molecular formula is C17H24O4. The van der Waals surface area contributed by atoms with Crippen molar-refractivity contribution in [1.82, 2.24) is 0 Å². The van der Waals surface area contributed by atoms with Gasteiger partial charge in [0.1, 0.15) is 11.9 Å². The third-order valence-corrected chi connectivity index (χ3v) is 7.94. The van der Waals surface area contributed by atoms with Crippen LogP contribution in [-0.4, -0.2) is 29.1 Å². The monoisotopic (exact) mass is 292 g/mol. The number of rotatable bonds is 1. The smallest absolute Gasteiger partial charge is 0.302 e. The highest BCUT2D eigenvalue weighted by molar-refractivity contribution is 5.88. The van der Waals surface area contributed by atoms with Crippen LogP contribution in [0.25, 0.3) is 0 Å². The van der Waals surface area contributed by atoms with E-state index in [9.17, 15) is 14.7 Å². The predicted octanol–water partition coefficient (Wildman–Crippen LogP) is 1.94. The summed E-state index contributed by atoms with van der Waals surface area (Å²) < 4.78 is 5.75. The highest BCUT2D eigenvalue weighted by Crippen LogP contribution is 2.94. The van der Waals surface area contributed by atoms with Crippen molar-refractivity contribution in [2.45, 2.75) is 59.7 Å². The molecule has 5 aliphatic rings. The van der Waals surface area contributed by atoms with Crippen LogP contribution < -0.4 is 0 Å². The van der Waals surface area contributed by atoms with E-state index in [0.717, 1.165) is 6.42 Å². The summed E-state index contributed by atoms with van der Waals surface area (Å²) in [6, 6.07) is 0. The molecule has 7 atom stereocenters. The minimum Gasteiger partial charge on any atom is -0.461 e. The third-order valence-electron chi connectivity index (χ3n) is 7.94. The van der Waals surface area contributed by atoms with Gasteiger partial charge in [-0.1, -0.05) is 27.7 Å². The van der Waals surface area contributed by atoms with Gasteiger partial charge in [0.25, 0.3) is 0 Å². The topological polar surface area (TPSA) is 63.6 Å². The molecule has 1 N–H and O–H groups in total. The second-order valence-electron chi connectivity index (χ2n) is 8.64. The Hall–Kier alpha value is -0.900. The first-order chi connectivity index (χ1) is 9.58. The summed E-state index contributed by atoms with van der Waals surface area (Å²) in [4.78, 5) is 24.3. The van der Waals surface area contributed by atoms with Crippen molar-refractivity contribution in [3.8, 4) is 0 Å². The fourth-order valence-corrected chi connectivity index (χ4v) is 7.41. The zero-order chi connectivity index (χ0) is 15.6. The van der Waals surface area contributed by atoms with Crippen LogP contribution in [0.1, 0.15) is 47.5 Å². The van der Waals surface area contributed by atoms with E-state index in [1.807, 2.05) is 13.8 Å². The molecule has 5 rings (SSSR count). The molecule has 5 fully saturated rings. The van der Waals surface area contributed by atoms with Crippen LogP contribution in [0.4, 0.5) is 0 Å². The van der Waals surface area contributed by atoms with Gasteiger partial charge in [-0.25, -0.2) is 0 Å². The molecule has 0 aliphatic heterocycles. The van der Waals surface area contributed by atoms with Crippen LogP contribution in [0, 0.1) is 33.5 Å². The van der Waals surface area contributed by atoms with Gasteiger partial charge in [-0.05, 0) is 23.7 Å². The third kappa shape index (κ3) is 0.990. The van der Waals surface area contributed by atoms with Gasteiger partial charge in [0.05, 0.1) is 11.5 Å². The van der Waals surface area contributed by atoms with E-state index in [1.54, 1.807) is 0 Å². The van der Waals surface area contributed by atoms with Gasteiger partial charge in [-0.3, -0.25) is 9.59 Å². The minimum atomic E-state index is -0.652. The van der Waals surface area contributed by atoms with Crippen molar-refractivity contribution in [2.75, 3.05) is 0 Å². The highest BCUT2D eigenvalue weighted by atomic mass is 16.5. The number of carbonyl (C=O) groups excluding carboxylic acids is 2. The van der Waals surface area contributed by atoms with Gasteiger partial charge in [-0.2, -0.15) is 0 Å². The highest BCUT2D eigenvalue weighted by Gasteiger charge is 2.98. The molecule has 0 aromatic rings. The number of ketones is 1. The van der Waals surface area contributed by atoms with Crippen LogP contribution in [0.3, 0.4) is 0 Å². The molecule has 21 heavy (non-hydrogen) atoms. The van der Waals surface area contributed by atoms with E-state index in [-0.39, 0.29) is 34.6 Å². The zero-order valence-electron chi connectivity index (χ0n) is 13.4. The number of esters is 1. The Labute approximate surface area is 125 Å². The molecule has 0 heterocycles. The van der Waals surface area contributed by atoms with E-state index in [4.69, 9.17) is 4.74 Å². The molecule has 1 spiro atoms. The van der Waals surface area contributed by atoms with Crippen molar-refractivity contribution in [3.63, 3.8) is 0 Å². The largest absolute Gasteiger partial charge is 0.461 e. The predicted molar refractivity (Wildman–Crippen MR) is 75.2 cm³/mol. The van der Waals surface area contributed by atoms with Crippen LogP contribution in [-0.2, 0) is 14.3 Å². The first-order valence-electron chi connectivity index (χ1n) is 7.96. The van der Waals surface area contributed by atoms with Crippen molar-refractivity contribution in [3.05, 3.63) is 0 Å². The normalized spacial score (nSPS) is 58.9. The summed E-state index contributed by atoms with van der Waals surface area (Å²) >= 11 is 0. The number of hydrogen-bond donors (Lipinski definition) is 1. The Morgan fingerprint density at radius 3 is 2.48 bits per heavy atom. The number of aliphatic hydroxyl groups excluding tert-OH is 1. The van der Waals surface area contributed by atoms with Gasteiger partial charge in [0.2, 0.25) is 0 Å². The first kappa shape index (κ1) is 13.7. The fraction of sp³-hybridized carbons (Fsp3) is 0.882. The van der Waals surface area contributed by atoms with Gasteiger partial charge in [0.15, 0.2) is 0 Å². The van der Waals surface area contributed by atoms with Crippen molar-refractivity contribution in [1.29, 1.82) is 0 Å². The minimum absolute atomic E-state index is 0.108. The number of ether oxygens (including phenoxy) is 1. The quantitative estimate of drug-likeness (QED) is 0.750. The lowest BCUT2D eigenvalue weighted by atomic mass is 9.47. The lowest BCUT2D eigenvalue weighted by Crippen LogP contribution is -2.62. The Bertz CT molecular complexity index is 581. The molecule has 0 amide bonds. The molecule has 4 nitrogen and oxygen atoms in total. The Morgan fingerprint density at radius 2 is 1.90 bits per heavy atom. The van der Waals surface area contributed by atoms with Crippen LogP contribution in [0.5, 0.6) is 0 Å². The standard InChI is InChI=1S/C17H24O4/c1-8(18)21-13-16(5)10-11(16)15(4)7-6-9(19)14(2,3)17(13,15)12(10)20/h10-13,20H,6-7H2,1-5H3/t10?,11-,12?,13-,15-,16-,17+/m1/s1. The molecule has 0 aromatic heterocycles. The molecule has 4 heteroatoms. The maximum absolute atomic E-state index is 12.6. The molecule has 0 saturated heterocycles. The number of aliphatic hydroxyl groups is 1. The SMILES string of the molecule is CC(=O)O[C@@H]1[C@]2(C)C3C(O)[C@@]14C(C)(C)C(=O)CC[C@]4(C)[C@@H]32. The van der Waals surface area contributed by atoms with Crippen LogP contribution in [0.15, 0.2) is 0 Å². The maximum Gasteiger partial charge on any atom is 0.302 e. The van der Waals surface area contributed by atoms with Gasteiger partial charge < -0.3 is 9.84 Å². The van der Waals surface area contributed by atoms with Gasteiger partial charge in [0, 0.05) is 24.2 Å². The fourth-order valence-electron chi connectivity index (χ4n) is 7.41. The molecule has 116 valence electrons. The van der Waals surface area contributed by atoms with E-state index < -0.39 is 16.9 Å². The summed E-state index contributed by atoms with van der Waals surface area (Å²) in [6.07, 6.45) is 0.503. The molecular weight excluding hydrogens is 268 g/mol. The van der Waals surface area contributed by atoms with Crippen LogP contribution >= 0.6 is 0 Å². The second kappa shape index (κ2) is 3.22. The Kier molecular flexibility index (Phi) is 2.11. The van der Waals surface area contributed by atoms with E-state index in [1.165, 1.54) is 6.92 Å². The molecule has 5 aliphatic carbocycles. The average Bonchev–Trinajstić information content (AvgIpc) is 2.80. The van der Waals surface area contributed by atoms with Gasteiger partial charge in [-0.15, -0.1) is 0 Å². The number of Topliss-reactive ketones (excluding diaryl/α,β-unsaturated/α-hetero) is 1. The molecule has 0 radical (unpaired) electrons. The number of carbonyl (C=O) groups is 2. The average molecular weight is 292 g/mol. The molecule has 4 bridgehead atoms.